The largest absolute Gasteiger partial charge is 0.409 e. The van der Waals surface area contributed by atoms with Crippen LogP contribution in [0.3, 0.4) is 0 Å². The van der Waals surface area contributed by atoms with E-state index >= 15 is 0 Å². The zero-order chi connectivity index (χ0) is 15.6. The molecule has 4 nitrogen and oxygen atoms in total. The van der Waals surface area contributed by atoms with Crippen molar-refractivity contribution in [3.8, 4) is 0 Å². The van der Waals surface area contributed by atoms with Crippen LogP contribution in [-0.4, -0.2) is 18.1 Å². The molecule has 0 bridgehead atoms. The zero-order valence-electron chi connectivity index (χ0n) is 12.3. The van der Waals surface area contributed by atoms with Crippen LogP contribution in [0.25, 0.3) is 0 Å². The van der Waals surface area contributed by atoms with E-state index in [0.717, 1.165) is 11.4 Å². The molecule has 0 spiro atoms. The zero-order valence-corrected chi connectivity index (χ0v) is 13.0. The minimum Gasteiger partial charge on any atom is -0.409 e. The molecule has 21 heavy (non-hydrogen) atoms. The Labute approximate surface area is 129 Å². The van der Waals surface area contributed by atoms with Gasteiger partial charge in [0, 0.05) is 18.3 Å². The van der Waals surface area contributed by atoms with Crippen molar-refractivity contribution in [2.45, 2.75) is 13.8 Å². The van der Waals surface area contributed by atoms with Crippen LogP contribution in [0.4, 0.5) is 11.4 Å². The quantitative estimate of drug-likeness (QED) is 0.392. The molecule has 0 saturated heterocycles. The second kappa shape index (κ2) is 6.06. The third-order valence-electron chi connectivity index (χ3n) is 3.31. The Morgan fingerprint density at radius 3 is 2.29 bits per heavy atom. The Kier molecular flexibility index (Phi) is 4.38. The normalized spacial score (nSPS) is 11.5. The molecule has 5 heteroatoms. The smallest absolute Gasteiger partial charge is 0.170 e. The third-order valence-corrected chi connectivity index (χ3v) is 3.61. The minimum atomic E-state index is 0.0394. The van der Waals surface area contributed by atoms with Crippen molar-refractivity contribution in [2.24, 2.45) is 10.9 Å². The highest BCUT2D eigenvalue weighted by Gasteiger charge is 2.11. The number of rotatable bonds is 3. The highest BCUT2D eigenvalue weighted by Crippen LogP contribution is 2.32. The van der Waals surface area contributed by atoms with E-state index in [9.17, 15) is 0 Å². The first-order valence-corrected chi connectivity index (χ1v) is 6.89. The molecule has 0 fully saturated rings. The van der Waals surface area contributed by atoms with Gasteiger partial charge in [-0.05, 0) is 55.3 Å². The van der Waals surface area contributed by atoms with Crippen molar-refractivity contribution >= 4 is 28.8 Å². The molecular formula is C16H18ClN3O. The third kappa shape index (κ3) is 3.28. The van der Waals surface area contributed by atoms with Gasteiger partial charge in [-0.15, -0.1) is 0 Å². The lowest BCUT2D eigenvalue weighted by atomic mass is 10.1. The highest BCUT2D eigenvalue weighted by atomic mass is 35.5. The minimum absolute atomic E-state index is 0.0394. The molecule has 2 aromatic carbocycles. The van der Waals surface area contributed by atoms with Crippen LogP contribution in [0.1, 0.15) is 16.7 Å². The highest BCUT2D eigenvalue weighted by molar-refractivity contribution is 6.33. The van der Waals surface area contributed by atoms with Crippen molar-refractivity contribution in [1.29, 1.82) is 0 Å². The van der Waals surface area contributed by atoms with E-state index in [1.165, 1.54) is 11.1 Å². The molecule has 0 aliphatic rings. The predicted octanol–water partition coefficient (Wildman–Crippen LogP) is 3.82. The number of anilines is 2. The Morgan fingerprint density at radius 2 is 1.76 bits per heavy atom. The molecule has 0 aliphatic heterocycles. The van der Waals surface area contributed by atoms with Crippen molar-refractivity contribution in [3.05, 3.63) is 58.1 Å². The summed E-state index contributed by atoms with van der Waals surface area (Å²) < 4.78 is 0. The average molecular weight is 304 g/mol. The molecule has 0 aromatic heterocycles. The molecule has 0 amide bonds. The van der Waals surface area contributed by atoms with Crippen LogP contribution in [0.2, 0.25) is 5.02 Å². The molecule has 3 N–H and O–H groups in total. The lowest BCUT2D eigenvalue weighted by Crippen LogP contribution is -2.14. The fourth-order valence-corrected chi connectivity index (χ4v) is 2.59. The van der Waals surface area contributed by atoms with Crippen LogP contribution < -0.4 is 10.6 Å². The number of hydrogen-bond donors (Lipinski definition) is 2. The van der Waals surface area contributed by atoms with Crippen molar-refractivity contribution in [3.63, 3.8) is 0 Å². The second-order valence-electron chi connectivity index (χ2n) is 5.06. The molecule has 0 atom stereocenters. The summed E-state index contributed by atoms with van der Waals surface area (Å²) in [5.74, 6) is 0.0394. The number of hydrogen-bond acceptors (Lipinski definition) is 3. The lowest BCUT2D eigenvalue weighted by molar-refractivity contribution is 0.318. The van der Waals surface area contributed by atoms with Gasteiger partial charge < -0.3 is 15.8 Å². The van der Waals surface area contributed by atoms with E-state index in [1.54, 1.807) is 12.1 Å². The van der Waals surface area contributed by atoms with Crippen molar-refractivity contribution < 1.29 is 5.21 Å². The molecular weight excluding hydrogens is 286 g/mol. The van der Waals surface area contributed by atoms with Gasteiger partial charge in [-0.2, -0.15) is 0 Å². The first kappa shape index (κ1) is 15.2. The number of oxime groups is 1. The molecule has 0 radical (unpaired) electrons. The molecule has 2 aromatic rings. The topological polar surface area (TPSA) is 61.8 Å². The summed E-state index contributed by atoms with van der Waals surface area (Å²) in [6.07, 6.45) is 0. The van der Waals surface area contributed by atoms with E-state index in [2.05, 4.69) is 37.2 Å². The summed E-state index contributed by atoms with van der Waals surface area (Å²) in [4.78, 5) is 2.01. The summed E-state index contributed by atoms with van der Waals surface area (Å²) in [5, 5.41) is 12.2. The van der Waals surface area contributed by atoms with E-state index < -0.39 is 0 Å². The van der Waals surface area contributed by atoms with E-state index in [4.69, 9.17) is 22.5 Å². The summed E-state index contributed by atoms with van der Waals surface area (Å²) in [7, 11) is 1.96. The van der Waals surface area contributed by atoms with Crippen LogP contribution in [-0.2, 0) is 0 Å². The Hall–Kier alpha value is -2.20. The van der Waals surface area contributed by atoms with Crippen LogP contribution in [0, 0.1) is 13.8 Å². The number of benzene rings is 2. The Bertz CT molecular complexity index is 678. The number of halogens is 1. The second-order valence-corrected chi connectivity index (χ2v) is 5.46. The maximum Gasteiger partial charge on any atom is 0.170 e. The van der Waals surface area contributed by atoms with Gasteiger partial charge in [-0.1, -0.05) is 22.8 Å². The predicted molar refractivity (Wildman–Crippen MR) is 87.9 cm³/mol. The molecule has 0 saturated carbocycles. The molecule has 0 aliphatic carbocycles. The number of amidine groups is 1. The van der Waals surface area contributed by atoms with Gasteiger partial charge in [-0.3, -0.25) is 0 Å². The Balaban J connectivity index is 2.41. The van der Waals surface area contributed by atoms with Crippen molar-refractivity contribution in [2.75, 3.05) is 11.9 Å². The molecule has 110 valence electrons. The molecule has 2 rings (SSSR count). The van der Waals surface area contributed by atoms with Gasteiger partial charge in [0.25, 0.3) is 0 Å². The van der Waals surface area contributed by atoms with Gasteiger partial charge in [0.2, 0.25) is 0 Å². The summed E-state index contributed by atoms with van der Waals surface area (Å²) in [5.41, 5.74) is 10.5. The van der Waals surface area contributed by atoms with E-state index in [-0.39, 0.29) is 5.84 Å². The standard InChI is InChI=1S/C16H18ClN3O/c1-10-6-11(2)8-13(7-10)20(3)15-5-4-12(9-14(15)17)16(18)19-21/h4-9,21H,1-3H3,(H2,18,19). The monoisotopic (exact) mass is 303 g/mol. The van der Waals surface area contributed by atoms with Crippen LogP contribution >= 0.6 is 11.6 Å². The first-order chi connectivity index (χ1) is 9.92. The van der Waals surface area contributed by atoms with E-state index in [0.29, 0.717) is 10.6 Å². The van der Waals surface area contributed by atoms with Gasteiger partial charge in [0.1, 0.15) is 0 Å². The SMILES string of the molecule is Cc1cc(C)cc(N(C)c2ccc(C(N)=NO)cc2Cl)c1. The summed E-state index contributed by atoms with van der Waals surface area (Å²) >= 11 is 6.32. The maximum atomic E-state index is 8.71. The maximum absolute atomic E-state index is 8.71. The summed E-state index contributed by atoms with van der Waals surface area (Å²) in [6.45, 7) is 4.13. The first-order valence-electron chi connectivity index (χ1n) is 6.52. The fourth-order valence-electron chi connectivity index (χ4n) is 2.28. The Morgan fingerprint density at radius 1 is 1.14 bits per heavy atom. The number of nitrogens with two attached hydrogens (primary N) is 1. The van der Waals surface area contributed by atoms with Crippen LogP contribution in [0.15, 0.2) is 41.6 Å². The van der Waals surface area contributed by atoms with Crippen LogP contribution in [0.5, 0.6) is 0 Å². The summed E-state index contributed by atoms with van der Waals surface area (Å²) in [6, 6.07) is 11.6. The number of aryl methyl sites for hydroxylation is 2. The van der Waals surface area contributed by atoms with Gasteiger partial charge in [-0.25, -0.2) is 0 Å². The van der Waals surface area contributed by atoms with Gasteiger partial charge in [0.15, 0.2) is 5.84 Å². The molecule has 0 unspecified atom stereocenters. The fraction of sp³-hybridized carbons (Fsp3) is 0.188. The molecule has 0 heterocycles. The van der Waals surface area contributed by atoms with E-state index in [1.807, 2.05) is 18.0 Å². The average Bonchev–Trinajstić information content (AvgIpc) is 2.44. The van der Waals surface area contributed by atoms with Gasteiger partial charge >= 0.3 is 0 Å². The van der Waals surface area contributed by atoms with Crippen molar-refractivity contribution in [1.82, 2.24) is 0 Å². The number of nitrogens with zero attached hydrogens (tertiary/aromatic N) is 2. The lowest BCUT2D eigenvalue weighted by Gasteiger charge is -2.22. The van der Waals surface area contributed by atoms with Gasteiger partial charge in [0.05, 0.1) is 10.7 Å².